The molecule has 7 heteroatoms. The van der Waals surface area contributed by atoms with Crippen molar-refractivity contribution in [3.63, 3.8) is 0 Å². The maximum absolute atomic E-state index is 12.5. The molecule has 0 N–H and O–H groups in total. The number of amides is 1. The molecule has 0 unspecified atom stereocenters. The maximum Gasteiger partial charge on any atom is 0.263 e. The fourth-order valence-electron chi connectivity index (χ4n) is 2.80. The van der Waals surface area contributed by atoms with Crippen LogP contribution in [0.25, 0.3) is 0 Å². The monoisotopic (exact) mass is 366 g/mol. The number of carbonyl (C=O) groups excluding carboxylic acids is 1. The van der Waals surface area contributed by atoms with Crippen molar-refractivity contribution in [1.82, 2.24) is 4.90 Å². The summed E-state index contributed by atoms with van der Waals surface area (Å²) in [6, 6.07) is 7.51. The summed E-state index contributed by atoms with van der Waals surface area (Å²) in [5.41, 5.74) is 2.04. The molecule has 0 aliphatic carbocycles. The Bertz CT molecular complexity index is 711. The molecule has 2 rings (SSSR count). The van der Waals surface area contributed by atoms with Crippen molar-refractivity contribution in [2.45, 2.75) is 33.2 Å². The van der Waals surface area contributed by atoms with Crippen LogP contribution in [-0.4, -0.2) is 56.1 Å². The predicted octanol–water partition coefficient (Wildman–Crippen LogP) is 2.02. The van der Waals surface area contributed by atoms with E-state index in [1.807, 2.05) is 45.0 Å². The average molecular weight is 366 g/mol. The summed E-state index contributed by atoms with van der Waals surface area (Å²) >= 11 is 0. The fraction of sp³-hybridized carbons (Fsp3) is 0.556. The van der Waals surface area contributed by atoms with Crippen molar-refractivity contribution in [2.24, 2.45) is 11.1 Å². The number of sulfone groups is 1. The normalized spacial score (nSPS) is 19.4. The topological polar surface area (TPSA) is 76.0 Å². The van der Waals surface area contributed by atoms with Crippen LogP contribution in [0.3, 0.4) is 0 Å². The number of hydrogen-bond acceptors (Lipinski definition) is 5. The van der Waals surface area contributed by atoms with E-state index < -0.39 is 9.84 Å². The Labute approximate surface area is 149 Å². The van der Waals surface area contributed by atoms with Crippen molar-refractivity contribution in [1.29, 1.82) is 0 Å². The van der Waals surface area contributed by atoms with E-state index in [0.717, 1.165) is 11.1 Å². The summed E-state index contributed by atoms with van der Waals surface area (Å²) in [5.74, 6) is 0.213. The van der Waals surface area contributed by atoms with Crippen molar-refractivity contribution in [2.75, 3.05) is 24.7 Å². The Hall–Kier alpha value is -1.89. The molecule has 25 heavy (non-hydrogen) atoms. The van der Waals surface area contributed by atoms with Gasteiger partial charge in [0.1, 0.15) is 0 Å². The Morgan fingerprint density at radius 1 is 1.36 bits per heavy atom. The van der Waals surface area contributed by atoms with Gasteiger partial charge in [0.05, 0.1) is 17.7 Å². The highest BCUT2D eigenvalue weighted by atomic mass is 32.2. The first-order valence-electron chi connectivity index (χ1n) is 8.49. The lowest BCUT2D eigenvalue weighted by Crippen LogP contribution is -2.44. The molecule has 6 nitrogen and oxygen atoms in total. The quantitative estimate of drug-likeness (QED) is 0.546. The van der Waals surface area contributed by atoms with Gasteiger partial charge < -0.3 is 9.74 Å². The standard InChI is InChI=1S/C18H26N2O4S/c1-14(2)11-20(17-8-9-25(22,23)13-17)18(21)12-24-19-10-16-6-4-15(3)5-7-16/h4-7,10,14,17H,8-9,11-13H2,1-3H3/b19-10-/t17-/m0/s1. The third-order valence-corrected chi connectivity index (χ3v) is 5.82. The number of rotatable bonds is 7. The summed E-state index contributed by atoms with van der Waals surface area (Å²) in [6.45, 7) is 6.33. The number of benzene rings is 1. The van der Waals surface area contributed by atoms with Crippen molar-refractivity contribution in [3.05, 3.63) is 35.4 Å². The van der Waals surface area contributed by atoms with Crippen LogP contribution in [0.4, 0.5) is 0 Å². The van der Waals surface area contributed by atoms with Gasteiger partial charge in [-0.05, 0) is 24.8 Å². The van der Waals surface area contributed by atoms with Gasteiger partial charge in [0, 0.05) is 12.6 Å². The lowest BCUT2D eigenvalue weighted by Gasteiger charge is -2.29. The minimum Gasteiger partial charge on any atom is -0.386 e. The van der Waals surface area contributed by atoms with Gasteiger partial charge in [-0.2, -0.15) is 0 Å². The van der Waals surface area contributed by atoms with Crippen molar-refractivity contribution < 1.29 is 18.0 Å². The summed E-state index contributed by atoms with van der Waals surface area (Å²) in [5, 5.41) is 3.84. The second kappa shape index (κ2) is 8.47. The molecule has 1 amide bonds. The van der Waals surface area contributed by atoms with E-state index in [-0.39, 0.29) is 36.0 Å². The minimum absolute atomic E-state index is 0.0398. The highest BCUT2D eigenvalue weighted by Crippen LogP contribution is 2.19. The average Bonchev–Trinajstić information content (AvgIpc) is 2.90. The molecule has 0 aromatic heterocycles. The molecule has 0 spiro atoms. The molecule has 1 saturated heterocycles. The van der Waals surface area contributed by atoms with E-state index in [4.69, 9.17) is 4.84 Å². The Balaban J connectivity index is 1.91. The van der Waals surface area contributed by atoms with Crippen LogP contribution in [0.15, 0.2) is 29.4 Å². The molecule has 1 heterocycles. The van der Waals surface area contributed by atoms with Gasteiger partial charge >= 0.3 is 0 Å². The molecule has 1 aromatic rings. The van der Waals surface area contributed by atoms with Gasteiger partial charge in [-0.3, -0.25) is 4.79 Å². The zero-order valence-electron chi connectivity index (χ0n) is 15.0. The Kier molecular flexibility index (Phi) is 6.58. The van der Waals surface area contributed by atoms with Crippen LogP contribution < -0.4 is 0 Å². The first-order valence-corrected chi connectivity index (χ1v) is 10.3. The van der Waals surface area contributed by atoms with E-state index >= 15 is 0 Å². The highest BCUT2D eigenvalue weighted by molar-refractivity contribution is 7.91. The number of aryl methyl sites for hydroxylation is 1. The molecule has 1 aliphatic rings. The molecular formula is C18H26N2O4S. The number of carbonyl (C=O) groups is 1. The molecule has 0 bridgehead atoms. The third-order valence-electron chi connectivity index (χ3n) is 4.07. The van der Waals surface area contributed by atoms with E-state index in [2.05, 4.69) is 5.16 Å². The van der Waals surface area contributed by atoms with E-state index in [0.29, 0.717) is 13.0 Å². The Morgan fingerprint density at radius 3 is 2.60 bits per heavy atom. The lowest BCUT2D eigenvalue weighted by molar-refractivity contribution is -0.138. The minimum atomic E-state index is -3.04. The summed E-state index contributed by atoms with van der Waals surface area (Å²) in [4.78, 5) is 19.2. The number of oxime groups is 1. The molecule has 1 aromatic carbocycles. The van der Waals surface area contributed by atoms with Crippen molar-refractivity contribution >= 4 is 22.0 Å². The second-order valence-corrected chi connectivity index (χ2v) is 9.14. The van der Waals surface area contributed by atoms with Gasteiger partial charge in [-0.1, -0.05) is 48.8 Å². The van der Waals surface area contributed by atoms with Crippen LogP contribution in [0.1, 0.15) is 31.4 Å². The molecule has 1 atom stereocenters. The SMILES string of the molecule is Cc1ccc(/C=N\OCC(=O)N(CC(C)C)[C@H]2CCS(=O)(=O)C2)cc1. The van der Waals surface area contributed by atoms with Gasteiger partial charge in [-0.25, -0.2) is 8.42 Å². The van der Waals surface area contributed by atoms with Gasteiger partial charge in [0.2, 0.25) is 0 Å². The lowest BCUT2D eigenvalue weighted by atomic mass is 10.1. The van der Waals surface area contributed by atoms with Crippen LogP contribution in [-0.2, 0) is 19.5 Å². The molecule has 1 fully saturated rings. The Morgan fingerprint density at radius 2 is 2.04 bits per heavy atom. The van der Waals surface area contributed by atoms with Crippen molar-refractivity contribution in [3.8, 4) is 0 Å². The van der Waals surface area contributed by atoms with Crippen LogP contribution in [0.2, 0.25) is 0 Å². The number of hydrogen-bond donors (Lipinski definition) is 0. The summed E-state index contributed by atoms with van der Waals surface area (Å²) in [6.07, 6.45) is 2.05. The highest BCUT2D eigenvalue weighted by Gasteiger charge is 2.34. The molecule has 138 valence electrons. The van der Waals surface area contributed by atoms with Crippen LogP contribution in [0, 0.1) is 12.8 Å². The van der Waals surface area contributed by atoms with Crippen LogP contribution >= 0.6 is 0 Å². The zero-order valence-corrected chi connectivity index (χ0v) is 15.8. The van der Waals surface area contributed by atoms with Gasteiger partial charge in [0.15, 0.2) is 16.4 Å². The van der Waals surface area contributed by atoms with Gasteiger partial charge in [-0.15, -0.1) is 0 Å². The van der Waals surface area contributed by atoms with Crippen LogP contribution in [0.5, 0.6) is 0 Å². The third kappa shape index (κ3) is 6.16. The largest absolute Gasteiger partial charge is 0.386 e. The van der Waals surface area contributed by atoms with E-state index in [1.54, 1.807) is 11.1 Å². The molecular weight excluding hydrogens is 340 g/mol. The smallest absolute Gasteiger partial charge is 0.263 e. The first kappa shape index (κ1) is 19.4. The zero-order chi connectivity index (χ0) is 18.4. The van der Waals surface area contributed by atoms with Gasteiger partial charge in [0.25, 0.3) is 5.91 Å². The molecule has 1 aliphatic heterocycles. The summed E-state index contributed by atoms with van der Waals surface area (Å²) in [7, 11) is -3.04. The molecule has 0 radical (unpaired) electrons. The second-order valence-electron chi connectivity index (χ2n) is 6.92. The summed E-state index contributed by atoms with van der Waals surface area (Å²) < 4.78 is 23.4. The fourth-order valence-corrected chi connectivity index (χ4v) is 4.53. The van der Waals surface area contributed by atoms with E-state index in [1.165, 1.54) is 0 Å². The first-order chi connectivity index (χ1) is 11.8. The predicted molar refractivity (Wildman–Crippen MR) is 98.3 cm³/mol. The van der Waals surface area contributed by atoms with E-state index in [9.17, 15) is 13.2 Å². The maximum atomic E-state index is 12.5. The molecule has 0 saturated carbocycles. The number of nitrogens with zero attached hydrogens (tertiary/aromatic N) is 2.